The second-order valence-corrected chi connectivity index (χ2v) is 4.97. The van der Waals surface area contributed by atoms with Gasteiger partial charge in [-0.15, -0.1) is 0 Å². The van der Waals surface area contributed by atoms with E-state index in [9.17, 15) is 0 Å². The number of rotatable bonds is 3. The number of aromatic amines is 2. The molecule has 0 unspecified atom stereocenters. The van der Waals surface area contributed by atoms with E-state index in [0.29, 0.717) is 10.0 Å². The normalized spacial score (nSPS) is 11.1. The van der Waals surface area contributed by atoms with E-state index in [4.69, 9.17) is 23.2 Å². The Bertz CT molecular complexity index is 716. The molecule has 2 aromatic heterocycles. The summed E-state index contributed by atoms with van der Waals surface area (Å²) < 4.78 is 0. The standard InChI is InChI=1S/C13H12Cl2N4/c1-2-16-10-3-9(14)12(15)13-11(10)8(6-17-13)7-4-18-19-5-7/h3-6,16-17H,2H2,1H3,(H,18,19). The van der Waals surface area contributed by atoms with Gasteiger partial charge in [0.1, 0.15) is 0 Å². The van der Waals surface area contributed by atoms with Crippen molar-refractivity contribution < 1.29 is 0 Å². The van der Waals surface area contributed by atoms with Gasteiger partial charge in [-0.1, -0.05) is 23.2 Å². The predicted molar refractivity (Wildman–Crippen MR) is 80.1 cm³/mol. The average Bonchev–Trinajstić information content (AvgIpc) is 3.04. The first-order chi connectivity index (χ1) is 9.22. The molecule has 2 heterocycles. The van der Waals surface area contributed by atoms with Gasteiger partial charge in [0.05, 0.1) is 21.8 Å². The summed E-state index contributed by atoms with van der Waals surface area (Å²) in [7, 11) is 0. The van der Waals surface area contributed by atoms with Crippen LogP contribution in [0.2, 0.25) is 10.0 Å². The number of benzene rings is 1. The van der Waals surface area contributed by atoms with Gasteiger partial charge in [-0.25, -0.2) is 0 Å². The van der Waals surface area contributed by atoms with Gasteiger partial charge in [0, 0.05) is 41.1 Å². The molecule has 0 atom stereocenters. The van der Waals surface area contributed by atoms with Crippen LogP contribution in [0.3, 0.4) is 0 Å². The molecular formula is C13H12Cl2N4. The minimum Gasteiger partial charge on any atom is -0.385 e. The quantitative estimate of drug-likeness (QED) is 0.675. The maximum absolute atomic E-state index is 6.26. The summed E-state index contributed by atoms with van der Waals surface area (Å²) in [6.07, 6.45) is 5.54. The summed E-state index contributed by atoms with van der Waals surface area (Å²) in [6, 6.07) is 1.85. The molecule has 0 aliphatic carbocycles. The Hall–Kier alpha value is -1.65. The van der Waals surface area contributed by atoms with Crippen LogP contribution < -0.4 is 5.32 Å². The van der Waals surface area contributed by atoms with Gasteiger partial charge in [0.2, 0.25) is 0 Å². The zero-order chi connectivity index (χ0) is 13.4. The van der Waals surface area contributed by atoms with E-state index in [-0.39, 0.29) is 0 Å². The fourth-order valence-electron chi connectivity index (χ4n) is 2.21. The zero-order valence-corrected chi connectivity index (χ0v) is 11.7. The Morgan fingerprint density at radius 2 is 2.16 bits per heavy atom. The Labute approximate surface area is 120 Å². The lowest BCUT2D eigenvalue weighted by Gasteiger charge is -2.09. The zero-order valence-electron chi connectivity index (χ0n) is 10.2. The highest BCUT2D eigenvalue weighted by Crippen LogP contribution is 2.40. The second kappa shape index (κ2) is 4.79. The fraction of sp³-hybridized carbons (Fsp3) is 0.154. The van der Waals surface area contributed by atoms with E-state index in [1.54, 1.807) is 6.20 Å². The Balaban J connectivity index is 2.34. The van der Waals surface area contributed by atoms with Crippen molar-refractivity contribution in [3.63, 3.8) is 0 Å². The molecule has 0 amide bonds. The van der Waals surface area contributed by atoms with Gasteiger partial charge in [-0.3, -0.25) is 5.10 Å². The second-order valence-electron chi connectivity index (χ2n) is 4.19. The Kier molecular flexibility index (Phi) is 3.12. The number of halogens is 2. The van der Waals surface area contributed by atoms with E-state index in [0.717, 1.165) is 34.3 Å². The third-order valence-corrected chi connectivity index (χ3v) is 3.81. The molecule has 4 nitrogen and oxygen atoms in total. The molecule has 3 aromatic rings. The summed E-state index contributed by atoms with van der Waals surface area (Å²) in [5.74, 6) is 0. The molecule has 0 spiro atoms. The molecule has 3 N–H and O–H groups in total. The topological polar surface area (TPSA) is 56.5 Å². The highest BCUT2D eigenvalue weighted by molar-refractivity contribution is 6.46. The summed E-state index contributed by atoms with van der Waals surface area (Å²) >= 11 is 12.4. The monoisotopic (exact) mass is 294 g/mol. The van der Waals surface area contributed by atoms with Gasteiger partial charge in [-0.05, 0) is 13.0 Å². The van der Waals surface area contributed by atoms with Crippen molar-refractivity contribution >= 4 is 39.8 Å². The van der Waals surface area contributed by atoms with Crippen molar-refractivity contribution in [3.05, 3.63) is 34.7 Å². The molecule has 0 aliphatic rings. The number of hydrogen-bond acceptors (Lipinski definition) is 2. The largest absolute Gasteiger partial charge is 0.385 e. The predicted octanol–water partition coefficient (Wildman–Crippen LogP) is 4.30. The minimum atomic E-state index is 0.533. The molecule has 0 fully saturated rings. The number of H-pyrrole nitrogens is 2. The highest BCUT2D eigenvalue weighted by Gasteiger charge is 2.16. The van der Waals surface area contributed by atoms with Crippen molar-refractivity contribution in [2.75, 3.05) is 11.9 Å². The van der Waals surface area contributed by atoms with E-state index < -0.39 is 0 Å². The van der Waals surface area contributed by atoms with E-state index in [2.05, 4.69) is 20.5 Å². The molecule has 0 aliphatic heterocycles. The molecule has 0 saturated heterocycles. The molecular weight excluding hydrogens is 283 g/mol. The first-order valence-electron chi connectivity index (χ1n) is 5.94. The average molecular weight is 295 g/mol. The van der Waals surface area contributed by atoms with Gasteiger partial charge < -0.3 is 10.3 Å². The summed E-state index contributed by atoms with van der Waals surface area (Å²) in [5, 5.41) is 12.2. The number of fused-ring (bicyclic) bond motifs is 1. The van der Waals surface area contributed by atoms with Crippen LogP contribution >= 0.6 is 23.2 Å². The molecule has 0 radical (unpaired) electrons. The van der Waals surface area contributed by atoms with Crippen LogP contribution in [0, 0.1) is 0 Å². The Morgan fingerprint density at radius 1 is 1.32 bits per heavy atom. The van der Waals surface area contributed by atoms with Crippen LogP contribution in [0.15, 0.2) is 24.7 Å². The molecule has 0 bridgehead atoms. The lowest BCUT2D eigenvalue weighted by molar-refractivity contribution is 1.09. The van der Waals surface area contributed by atoms with Crippen LogP contribution in [0.4, 0.5) is 5.69 Å². The van der Waals surface area contributed by atoms with Crippen molar-refractivity contribution in [2.24, 2.45) is 0 Å². The first kappa shape index (κ1) is 12.4. The van der Waals surface area contributed by atoms with Crippen molar-refractivity contribution in [2.45, 2.75) is 6.92 Å². The number of nitrogens with one attached hydrogen (secondary N) is 3. The number of anilines is 1. The third kappa shape index (κ3) is 1.97. The fourth-order valence-corrected chi connectivity index (χ4v) is 2.62. The van der Waals surface area contributed by atoms with Crippen molar-refractivity contribution in [1.82, 2.24) is 15.2 Å². The number of aromatic nitrogens is 3. The molecule has 6 heteroatoms. The van der Waals surface area contributed by atoms with Gasteiger partial charge >= 0.3 is 0 Å². The SMILES string of the molecule is CCNc1cc(Cl)c(Cl)c2[nH]cc(-c3cn[nH]c3)c12. The Morgan fingerprint density at radius 3 is 2.84 bits per heavy atom. The lowest BCUT2D eigenvalue weighted by atomic mass is 10.1. The highest BCUT2D eigenvalue weighted by atomic mass is 35.5. The maximum atomic E-state index is 6.26. The van der Waals surface area contributed by atoms with Crippen LogP contribution in [0.1, 0.15) is 6.92 Å². The van der Waals surface area contributed by atoms with Crippen LogP contribution in [0.25, 0.3) is 22.0 Å². The van der Waals surface area contributed by atoms with Gasteiger partial charge in [0.15, 0.2) is 0 Å². The van der Waals surface area contributed by atoms with E-state index in [1.165, 1.54) is 0 Å². The summed E-state index contributed by atoms with van der Waals surface area (Å²) in [4.78, 5) is 3.19. The van der Waals surface area contributed by atoms with Crippen molar-refractivity contribution in [3.8, 4) is 11.1 Å². The molecule has 1 aromatic carbocycles. The van der Waals surface area contributed by atoms with E-state index >= 15 is 0 Å². The van der Waals surface area contributed by atoms with Crippen LogP contribution in [0.5, 0.6) is 0 Å². The molecule has 19 heavy (non-hydrogen) atoms. The van der Waals surface area contributed by atoms with Crippen molar-refractivity contribution in [1.29, 1.82) is 0 Å². The number of nitrogens with zero attached hydrogens (tertiary/aromatic N) is 1. The molecule has 98 valence electrons. The smallest absolute Gasteiger partial charge is 0.0834 e. The number of hydrogen-bond donors (Lipinski definition) is 3. The molecule has 0 saturated carbocycles. The van der Waals surface area contributed by atoms with Crippen LogP contribution in [-0.4, -0.2) is 21.7 Å². The first-order valence-corrected chi connectivity index (χ1v) is 6.70. The van der Waals surface area contributed by atoms with E-state index in [1.807, 2.05) is 25.4 Å². The third-order valence-electron chi connectivity index (χ3n) is 3.03. The van der Waals surface area contributed by atoms with Gasteiger partial charge in [-0.2, -0.15) is 5.10 Å². The minimum absolute atomic E-state index is 0.533. The maximum Gasteiger partial charge on any atom is 0.0834 e. The summed E-state index contributed by atoms with van der Waals surface area (Å²) in [6.45, 7) is 2.85. The lowest BCUT2D eigenvalue weighted by Crippen LogP contribution is -1.97. The van der Waals surface area contributed by atoms with Crippen LogP contribution in [-0.2, 0) is 0 Å². The summed E-state index contributed by atoms with van der Waals surface area (Å²) in [5.41, 5.74) is 3.84. The molecule has 3 rings (SSSR count). The van der Waals surface area contributed by atoms with Gasteiger partial charge in [0.25, 0.3) is 0 Å².